The number of thiazole rings is 1. The molecule has 0 spiro atoms. The van der Waals surface area contributed by atoms with E-state index in [2.05, 4.69) is 4.98 Å². The molecule has 5 heteroatoms. The maximum atomic E-state index is 10.9. The number of aromatic nitrogens is 1. The molecular weight excluding hydrogens is 212 g/mol. The van der Waals surface area contributed by atoms with Gasteiger partial charge in [0.15, 0.2) is 0 Å². The quantitative estimate of drug-likeness (QED) is 0.821. The van der Waals surface area contributed by atoms with Crippen molar-refractivity contribution in [1.82, 2.24) is 4.98 Å². The Morgan fingerprint density at radius 3 is 2.53 bits per heavy atom. The summed E-state index contributed by atoms with van der Waals surface area (Å²) in [6.07, 6.45) is 1.66. The molecule has 3 N–H and O–H groups in total. The third kappa shape index (κ3) is 2.35. The predicted octanol–water partition coefficient (Wildman–Crippen LogP) is 1.61. The molecule has 15 heavy (non-hydrogen) atoms. The molecule has 0 fully saturated rings. The third-order valence-corrected chi connectivity index (χ3v) is 3.87. The number of carboxylic acid groups (broad SMARTS) is 1. The van der Waals surface area contributed by atoms with Gasteiger partial charge < -0.3 is 10.8 Å². The molecule has 1 heterocycles. The molecular formula is C10H16N2O2S. The fourth-order valence-corrected chi connectivity index (χ4v) is 2.35. The summed E-state index contributed by atoms with van der Waals surface area (Å²) in [5, 5.41) is 11.5. The number of rotatable bonds is 4. The van der Waals surface area contributed by atoms with Crippen molar-refractivity contribution in [1.29, 1.82) is 0 Å². The van der Waals surface area contributed by atoms with Crippen molar-refractivity contribution in [2.24, 2.45) is 5.73 Å². The fourth-order valence-electron chi connectivity index (χ4n) is 1.38. The van der Waals surface area contributed by atoms with Gasteiger partial charge in [0, 0.05) is 22.5 Å². The number of aliphatic carboxylic acids is 1. The predicted molar refractivity (Wildman–Crippen MR) is 60.0 cm³/mol. The van der Waals surface area contributed by atoms with Crippen LogP contribution >= 0.6 is 11.3 Å². The molecule has 1 unspecified atom stereocenters. The first-order valence-electron chi connectivity index (χ1n) is 4.68. The number of carboxylic acids is 1. The summed E-state index contributed by atoms with van der Waals surface area (Å²) in [7, 11) is 0. The lowest BCUT2D eigenvalue weighted by atomic mass is 9.71. The Labute approximate surface area is 93.1 Å². The van der Waals surface area contributed by atoms with Crippen molar-refractivity contribution < 1.29 is 9.90 Å². The molecule has 0 saturated heterocycles. The summed E-state index contributed by atoms with van der Waals surface area (Å²) in [6, 6.07) is 0. The van der Waals surface area contributed by atoms with Gasteiger partial charge in [-0.15, -0.1) is 11.3 Å². The van der Waals surface area contributed by atoms with Crippen molar-refractivity contribution in [2.45, 2.75) is 38.1 Å². The fraction of sp³-hybridized carbons (Fsp3) is 0.600. The van der Waals surface area contributed by atoms with E-state index in [1.165, 1.54) is 11.3 Å². The molecule has 0 aliphatic heterocycles. The number of nitrogens with two attached hydrogens (primary N) is 1. The van der Waals surface area contributed by atoms with Crippen molar-refractivity contribution in [3.63, 3.8) is 0 Å². The maximum absolute atomic E-state index is 10.9. The zero-order valence-corrected chi connectivity index (χ0v) is 9.97. The van der Waals surface area contributed by atoms with Crippen LogP contribution in [0.25, 0.3) is 0 Å². The molecule has 4 nitrogen and oxygen atoms in total. The summed E-state index contributed by atoms with van der Waals surface area (Å²) in [5.41, 5.74) is 4.80. The second kappa shape index (κ2) is 3.90. The molecule has 0 aliphatic carbocycles. The Balaban J connectivity index is 3.13. The van der Waals surface area contributed by atoms with Crippen molar-refractivity contribution in [2.75, 3.05) is 0 Å². The lowest BCUT2D eigenvalue weighted by molar-refractivity contribution is -0.139. The van der Waals surface area contributed by atoms with E-state index in [9.17, 15) is 4.79 Å². The van der Waals surface area contributed by atoms with Gasteiger partial charge in [0.05, 0.1) is 6.42 Å². The molecule has 1 rings (SSSR count). The van der Waals surface area contributed by atoms with E-state index in [-0.39, 0.29) is 6.42 Å². The first-order chi connectivity index (χ1) is 6.77. The van der Waals surface area contributed by atoms with Crippen LogP contribution in [0.3, 0.4) is 0 Å². The second-order valence-corrected chi connectivity index (χ2v) is 5.36. The largest absolute Gasteiger partial charge is 0.481 e. The molecule has 1 aromatic rings. The SMILES string of the molecule is CC(C)(N)C(C)(CC(=O)O)c1nccs1. The molecule has 0 amide bonds. The van der Waals surface area contributed by atoms with E-state index in [0.717, 1.165) is 5.01 Å². The maximum Gasteiger partial charge on any atom is 0.304 e. The Morgan fingerprint density at radius 2 is 2.20 bits per heavy atom. The monoisotopic (exact) mass is 228 g/mol. The third-order valence-electron chi connectivity index (χ3n) is 2.83. The standard InChI is InChI=1S/C10H16N2O2S/c1-9(2,11)10(3,6-7(13)14)8-12-4-5-15-8/h4-5H,6,11H2,1-3H3,(H,13,14). The molecule has 0 bridgehead atoms. The van der Waals surface area contributed by atoms with Gasteiger partial charge in [-0.05, 0) is 13.8 Å². The van der Waals surface area contributed by atoms with Crippen LogP contribution in [0.5, 0.6) is 0 Å². The molecule has 0 aromatic carbocycles. The van der Waals surface area contributed by atoms with Crippen molar-refractivity contribution >= 4 is 17.3 Å². The molecule has 0 radical (unpaired) electrons. The van der Waals surface area contributed by atoms with Gasteiger partial charge in [0.1, 0.15) is 5.01 Å². The van der Waals surface area contributed by atoms with E-state index in [1.54, 1.807) is 6.20 Å². The Hall–Kier alpha value is -0.940. The average molecular weight is 228 g/mol. The van der Waals surface area contributed by atoms with Crippen LogP contribution in [-0.2, 0) is 10.2 Å². The highest BCUT2D eigenvalue weighted by Gasteiger charge is 2.43. The summed E-state index contributed by atoms with van der Waals surface area (Å²) in [5.74, 6) is -0.855. The van der Waals surface area contributed by atoms with Gasteiger partial charge in [-0.2, -0.15) is 0 Å². The van der Waals surface area contributed by atoms with E-state index >= 15 is 0 Å². The summed E-state index contributed by atoms with van der Waals surface area (Å²) < 4.78 is 0. The van der Waals surface area contributed by atoms with E-state index < -0.39 is 16.9 Å². The highest BCUT2D eigenvalue weighted by Crippen LogP contribution is 2.37. The van der Waals surface area contributed by atoms with Crippen LogP contribution in [0, 0.1) is 0 Å². The van der Waals surface area contributed by atoms with Crippen LogP contribution in [0.4, 0.5) is 0 Å². The lowest BCUT2D eigenvalue weighted by Gasteiger charge is -2.38. The first-order valence-corrected chi connectivity index (χ1v) is 5.56. The zero-order chi connectivity index (χ0) is 11.7. The van der Waals surface area contributed by atoms with Crippen LogP contribution in [0.1, 0.15) is 32.2 Å². The molecule has 1 atom stereocenters. The highest BCUT2D eigenvalue weighted by atomic mass is 32.1. The lowest BCUT2D eigenvalue weighted by Crippen LogP contribution is -2.53. The van der Waals surface area contributed by atoms with E-state index in [1.807, 2.05) is 26.2 Å². The van der Waals surface area contributed by atoms with E-state index in [0.29, 0.717) is 0 Å². The van der Waals surface area contributed by atoms with Crippen LogP contribution < -0.4 is 5.73 Å². The van der Waals surface area contributed by atoms with Gasteiger partial charge in [0.2, 0.25) is 0 Å². The minimum absolute atomic E-state index is 0.00991. The Kier molecular flexibility index (Phi) is 3.16. The van der Waals surface area contributed by atoms with Crippen LogP contribution in [-0.4, -0.2) is 21.6 Å². The number of nitrogens with zero attached hydrogens (tertiary/aromatic N) is 1. The van der Waals surface area contributed by atoms with Gasteiger partial charge in [-0.3, -0.25) is 4.79 Å². The smallest absolute Gasteiger partial charge is 0.304 e. The average Bonchev–Trinajstić information content (AvgIpc) is 2.51. The van der Waals surface area contributed by atoms with Gasteiger partial charge >= 0.3 is 5.97 Å². The zero-order valence-electron chi connectivity index (χ0n) is 9.15. The van der Waals surface area contributed by atoms with Gasteiger partial charge in [-0.25, -0.2) is 4.98 Å². The van der Waals surface area contributed by atoms with Crippen molar-refractivity contribution in [3.8, 4) is 0 Å². The number of hydrogen-bond acceptors (Lipinski definition) is 4. The van der Waals surface area contributed by atoms with Crippen LogP contribution in [0.15, 0.2) is 11.6 Å². The number of hydrogen-bond donors (Lipinski definition) is 2. The molecule has 0 aliphatic rings. The van der Waals surface area contributed by atoms with E-state index in [4.69, 9.17) is 10.8 Å². The summed E-state index contributed by atoms with van der Waals surface area (Å²) in [6.45, 7) is 5.51. The minimum atomic E-state index is -0.855. The van der Waals surface area contributed by atoms with Crippen molar-refractivity contribution in [3.05, 3.63) is 16.6 Å². The molecule has 1 aromatic heterocycles. The van der Waals surface area contributed by atoms with Gasteiger partial charge in [-0.1, -0.05) is 6.92 Å². The highest BCUT2D eigenvalue weighted by molar-refractivity contribution is 7.09. The van der Waals surface area contributed by atoms with Gasteiger partial charge in [0.25, 0.3) is 0 Å². The Morgan fingerprint density at radius 1 is 1.60 bits per heavy atom. The molecule has 0 saturated carbocycles. The Bertz CT molecular complexity index is 343. The number of carbonyl (C=O) groups is 1. The summed E-state index contributed by atoms with van der Waals surface area (Å²) in [4.78, 5) is 15.1. The topological polar surface area (TPSA) is 76.2 Å². The van der Waals surface area contributed by atoms with Crippen LogP contribution in [0.2, 0.25) is 0 Å². The minimum Gasteiger partial charge on any atom is -0.481 e. The second-order valence-electron chi connectivity index (χ2n) is 4.46. The molecule has 84 valence electrons. The first kappa shape index (κ1) is 12.1. The normalized spacial score (nSPS) is 16.0. The summed E-state index contributed by atoms with van der Waals surface area (Å²) >= 11 is 1.44.